The molecule has 0 aromatic heterocycles. The van der Waals surface area contributed by atoms with Crippen LogP contribution in [0, 0.1) is 0 Å². The predicted molar refractivity (Wildman–Crippen MR) is 38.3 cm³/mol. The van der Waals surface area contributed by atoms with Crippen molar-refractivity contribution in [2.24, 2.45) is 0 Å². The standard InChI is InChI=1S/C7H13NO2/c1-4-6-5(2)8(3)7(9)10-6/h4-7,9H,1H2,2-3H3. The van der Waals surface area contributed by atoms with Crippen molar-refractivity contribution in [1.82, 2.24) is 4.90 Å². The van der Waals surface area contributed by atoms with Crippen LogP contribution in [0.1, 0.15) is 6.92 Å². The van der Waals surface area contributed by atoms with E-state index < -0.39 is 6.41 Å². The fourth-order valence-corrected chi connectivity index (χ4v) is 1.04. The molecule has 0 aromatic carbocycles. The zero-order valence-corrected chi connectivity index (χ0v) is 6.32. The maximum absolute atomic E-state index is 9.13. The summed E-state index contributed by atoms with van der Waals surface area (Å²) in [5.41, 5.74) is 0. The fourth-order valence-electron chi connectivity index (χ4n) is 1.04. The molecule has 3 unspecified atom stereocenters. The second-order valence-electron chi connectivity index (χ2n) is 2.57. The average molecular weight is 143 g/mol. The summed E-state index contributed by atoms with van der Waals surface area (Å²) in [5.74, 6) is 0. The van der Waals surface area contributed by atoms with Crippen molar-refractivity contribution < 1.29 is 9.84 Å². The first kappa shape index (κ1) is 7.72. The van der Waals surface area contributed by atoms with E-state index >= 15 is 0 Å². The number of ether oxygens (including phenoxy) is 1. The summed E-state index contributed by atoms with van der Waals surface area (Å²) in [7, 11) is 1.82. The molecule has 3 heteroatoms. The van der Waals surface area contributed by atoms with Gasteiger partial charge in [0.2, 0.25) is 6.41 Å². The molecule has 58 valence electrons. The quantitative estimate of drug-likeness (QED) is 0.531. The summed E-state index contributed by atoms with van der Waals surface area (Å²) in [6.45, 7) is 5.59. The summed E-state index contributed by atoms with van der Waals surface area (Å²) in [6, 6.07) is 0.215. The van der Waals surface area contributed by atoms with Crippen LogP contribution < -0.4 is 0 Å². The molecule has 3 atom stereocenters. The first-order valence-corrected chi connectivity index (χ1v) is 3.35. The lowest BCUT2D eigenvalue weighted by Crippen LogP contribution is -2.32. The molecule has 1 aliphatic rings. The molecular formula is C7H13NO2. The van der Waals surface area contributed by atoms with Gasteiger partial charge in [0, 0.05) is 6.04 Å². The van der Waals surface area contributed by atoms with Crippen LogP contribution >= 0.6 is 0 Å². The fraction of sp³-hybridized carbons (Fsp3) is 0.714. The maximum atomic E-state index is 9.13. The topological polar surface area (TPSA) is 32.7 Å². The Bertz CT molecular complexity index is 138. The van der Waals surface area contributed by atoms with E-state index in [1.54, 1.807) is 11.0 Å². The van der Waals surface area contributed by atoms with Gasteiger partial charge in [-0.25, -0.2) is 0 Å². The van der Waals surface area contributed by atoms with Crippen LogP contribution in [0.5, 0.6) is 0 Å². The lowest BCUT2D eigenvalue weighted by molar-refractivity contribution is -0.136. The van der Waals surface area contributed by atoms with E-state index in [2.05, 4.69) is 6.58 Å². The number of aliphatic hydroxyl groups is 1. The predicted octanol–water partition coefficient (Wildman–Crippen LogP) is 0.167. The monoisotopic (exact) mass is 143 g/mol. The first-order chi connectivity index (χ1) is 4.66. The van der Waals surface area contributed by atoms with Crippen LogP contribution in [0.25, 0.3) is 0 Å². The Balaban J connectivity index is 2.61. The minimum atomic E-state index is -0.766. The van der Waals surface area contributed by atoms with Gasteiger partial charge >= 0.3 is 0 Å². The third-order valence-electron chi connectivity index (χ3n) is 1.98. The zero-order chi connectivity index (χ0) is 7.72. The Morgan fingerprint density at radius 1 is 1.70 bits per heavy atom. The van der Waals surface area contributed by atoms with Crippen LogP contribution in [0.15, 0.2) is 12.7 Å². The van der Waals surface area contributed by atoms with Gasteiger partial charge in [-0.15, -0.1) is 6.58 Å². The smallest absolute Gasteiger partial charge is 0.216 e. The van der Waals surface area contributed by atoms with E-state index in [1.165, 1.54) is 0 Å². The van der Waals surface area contributed by atoms with Crippen molar-refractivity contribution in [1.29, 1.82) is 0 Å². The summed E-state index contributed by atoms with van der Waals surface area (Å²) < 4.78 is 5.10. The summed E-state index contributed by atoms with van der Waals surface area (Å²) in [5, 5.41) is 9.13. The Morgan fingerprint density at radius 3 is 2.50 bits per heavy atom. The first-order valence-electron chi connectivity index (χ1n) is 3.35. The Labute approximate surface area is 60.9 Å². The SMILES string of the molecule is C=CC1OC(O)N(C)C1C. The molecule has 1 N–H and O–H groups in total. The van der Waals surface area contributed by atoms with Gasteiger partial charge < -0.3 is 9.84 Å². The molecule has 1 rings (SSSR count). The van der Waals surface area contributed by atoms with E-state index in [0.29, 0.717) is 0 Å². The number of likely N-dealkylation sites (N-methyl/N-ethyl adjacent to an activating group) is 1. The molecule has 1 heterocycles. The van der Waals surface area contributed by atoms with Crippen molar-refractivity contribution >= 4 is 0 Å². The van der Waals surface area contributed by atoms with Crippen LogP contribution in [0.3, 0.4) is 0 Å². The number of rotatable bonds is 1. The second-order valence-corrected chi connectivity index (χ2v) is 2.57. The van der Waals surface area contributed by atoms with Crippen molar-refractivity contribution in [3.8, 4) is 0 Å². The Kier molecular flexibility index (Phi) is 2.08. The normalized spacial score (nSPS) is 42.1. The molecule has 10 heavy (non-hydrogen) atoms. The third kappa shape index (κ3) is 1.08. The van der Waals surface area contributed by atoms with Crippen molar-refractivity contribution in [3.63, 3.8) is 0 Å². The van der Waals surface area contributed by atoms with E-state index in [0.717, 1.165) is 0 Å². The van der Waals surface area contributed by atoms with Gasteiger partial charge in [-0.1, -0.05) is 6.08 Å². The maximum Gasteiger partial charge on any atom is 0.216 e. The minimum absolute atomic E-state index is 0.0417. The Hall–Kier alpha value is -0.380. The molecule has 0 saturated carbocycles. The number of nitrogens with zero attached hydrogens (tertiary/aromatic N) is 1. The van der Waals surface area contributed by atoms with E-state index in [9.17, 15) is 0 Å². The number of hydrogen-bond donors (Lipinski definition) is 1. The van der Waals surface area contributed by atoms with Crippen molar-refractivity contribution in [2.75, 3.05) is 7.05 Å². The van der Waals surface area contributed by atoms with Gasteiger partial charge in [-0.05, 0) is 14.0 Å². The molecule has 0 aliphatic carbocycles. The minimum Gasteiger partial charge on any atom is -0.356 e. The molecule has 1 saturated heterocycles. The van der Waals surface area contributed by atoms with Crippen LogP contribution in [0.2, 0.25) is 0 Å². The van der Waals surface area contributed by atoms with E-state index in [4.69, 9.17) is 9.84 Å². The highest BCUT2D eigenvalue weighted by molar-refractivity contribution is 4.92. The highest BCUT2D eigenvalue weighted by Crippen LogP contribution is 2.19. The van der Waals surface area contributed by atoms with Gasteiger partial charge in [0.15, 0.2) is 0 Å². The molecule has 0 aromatic rings. The second kappa shape index (κ2) is 2.70. The van der Waals surface area contributed by atoms with Gasteiger partial charge in [0.25, 0.3) is 0 Å². The van der Waals surface area contributed by atoms with Gasteiger partial charge in [-0.2, -0.15) is 0 Å². The van der Waals surface area contributed by atoms with Gasteiger partial charge in [0.1, 0.15) is 0 Å². The molecule has 1 fully saturated rings. The summed E-state index contributed by atoms with van der Waals surface area (Å²) >= 11 is 0. The zero-order valence-electron chi connectivity index (χ0n) is 6.32. The van der Waals surface area contributed by atoms with Crippen LogP contribution in [-0.4, -0.2) is 35.6 Å². The summed E-state index contributed by atoms with van der Waals surface area (Å²) in [6.07, 6.45) is 0.898. The lowest BCUT2D eigenvalue weighted by atomic mass is 10.2. The van der Waals surface area contributed by atoms with E-state index in [-0.39, 0.29) is 12.1 Å². The average Bonchev–Trinajstić information content (AvgIpc) is 2.17. The Morgan fingerprint density at radius 2 is 2.30 bits per heavy atom. The molecule has 0 bridgehead atoms. The van der Waals surface area contributed by atoms with Crippen molar-refractivity contribution in [3.05, 3.63) is 12.7 Å². The number of aliphatic hydroxyl groups excluding tert-OH is 1. The third-order valence-corrected chi connectivity index (χ3v) is 1.98. The van der Waals surface area contributed by atoms with Crippen LogP contribution in [-0.2, 0) is 4.74 Å². The van der Waals surface area contributed by atoms with Gasteiger partial charge in [-0.3, -0.25) is 4.90 Å². The molecule has 0 spiro atoms. The van der Waals surface area contributed by atoms with Crippen molar-refractivity contribution in [2.45, 2.75) is 25.5 Å². The molecule has 0 amide bonds. The largest absolute Gasteiger partial charge is 0.356 e. The molecule has 1 aliphatic heterocycles. The highest BCUT2D eigenvalue weighted by Gasteiger charge is 2.33. The van der Waals surface area contributed by atoms with E-state index in [1.807, 2.05) is 14.0 Å². The van der Waals surface area contributed by atoms with Gasteiger partial charge in [0.05, 0.1) is 6.10 Å². The molecule has 3 nitrogen and oxygen atoms in total. The number of hydrogen-bond acceptors (Lipinski definition) is 3. The van der Waals surface area contributed by atoms with Crippen LogP contribution in [0.4, 0.5) is 0 Å². The summed E-state index contributed by atoms with van der Waals surface area (Å²) in [4.78, 5) is 1.76. The highest BCUT2D eigenvalue weighted by atomic mass is 16.6. The molecule has 0 radical (unpaired) electrons. The molecular weight excluding hydrogens is 130 g/mol. The lowest BCUT2D eigenvalue weighted by Gasteiger charge is -2.15.